The molecule has 0 radical (unpaired) electrons. The molecule has 2 atom stereocenters. The molecular weight excluding hydrogens is 266 g/mol. The number of nitrogens with one attached hydrogen (secondary N) is 1. The highest BCUT2D eigenvalue weighted by molar-refractivity contribution is 9.10. The van der Waals surface area contributed by atoms with E-state index in [-0.39, 0.29) is 0 Å². The summed E-state index contributed by atoms with van der Waals surface area (Å²) in [6.07, 6.45) is 4.29. The van der Waals surface area contributed by atoms with Gasteiger partial charge < -0.3 is 10.1 Å². The Morgan fingerprint density at radius 3 is 3.06 bits per heavy atom. The molecular formula is C13H16BrNO. The van der Waals surface area contributed by atoms with Crippen LogP contribution in [0.3, 0.4) is 0 Å². The molecule has 1 aromatic carbocycles. The van der Waals surface area contributed by atoms with Crippen LogP contribution in [0, 0.1) is 0 Å². The molecule has 0 aliphatic carbocycles. The maximum absolute atomic E-state index is 5.48. The summed E-state index contributed by atoms with van der Waals surface area (Å²) >= 11 is 3.46. The Balaban J connectivity index is 1.98. The van der Waals surface area contributed by atoms with Crippen molar-refractivity contribution in [2.24, 2.45) is 0 Å². The van der Waals surface area contributed by atoms with Crippen LogP contribution < -0.4 is 5.32 Å². The lowest BCUT2D eigenvalue weighted by Crippen LogP contribution is -2.46. The molecule has 0 aromatic heterocycles. The van der Waals surface area contributed by atoms with Crippen molar-refractivity contribution in [3.63, 3.8) is 0 Å². The Bertz CT molecular complexity index is 378. The van der Waals surface area contributed by atoms with Crippen LogP contribution in [0.4, 0.5) is 0 Å². The van der Waals surface area contributed by atoms with Crippen molar-refractivity contribution >= 4 is 22.0 Å². The molecule has 0 spiro atoms. The summed E-state index contributed by atoms with van der Waals surface area (Å²) in [6, 6.07) is 9.02. The van der Waals surface area contributed by atoms with Gasteiger partial charge in [-0.1, -0.05) is 40.2 Å². The van der Waals surface area contributed by atoms with Crippen LogP contribution >= 0.6 is 15.9 Å². The Labute approximate surface area is 105 Å². The summed E-state index contributed by atoms with van der Waals surface area (Å²) in [5.74, 6) is 0. The molecule has 1 aliphatic rings. The molecule has 1 aliphatic heterocycles. The maximum atomic E-state index is 5.48. The zero-order valence-electron chi connectivity index (χ0n) is 9.32. The van der Waals surface area contributed by atoms with Gasteiger partial charge in [0.1, 0.15) is 0 Å². The van der Waals surface area contributed by atoms with Crippen molar-refractivity contribution in [3.05, 3.63) is 40.4 Å². The standard InChI is InChI=1S/C13H16BrNO/c1-10-8-16-9-13(15-10)6-5-11-3-2-4-12(14)7-11/h2-7,10,13,15H,8-9H2,1H3/b6-5+. The van der Waals surface area contributed by atoms with Crippen LogP contribution in [0.1, 0.15) is 12.5 Å². The van der Waals surface area contributed by atoms with E-state index in [1.54, 1.807) is 0 Å². The molecule has 2 unspecified atom stereocenters. The lowest BCUT2D eigenvalue weighted by molar-refractivity contribution is 0.0637. The first-order valence-corrected chi connectivity index (χ1v) is 6.31. The Kier molecular flexibility index (Phi) is 4.16. The Hall–Kier alpha value is -0.640. The van der Waals surface area contributed by atoms with E-state index in [0.29, 0.717) is 12.1 Å². The van der Waals surface area contributed by atoms with Gasteiger partial charge in [-0.15, -0.1) is 0 Å². The molecule has 1 N–H and O–H groups in total. The second-order valence-electron chi connectivity index (χ2n) is 4.13. The monoisotopic (exact) mass is 281 g/mol. The third-order valence-corrected chi connectivity index (χ3v) is 3.03. The van der Waals surface area contributed by atoms with Crippen LogP contribution in [-0.2, 0) is 4.74 Å². The van der Waals surface area contributed by atoms with Crippen molar-refractivity contribution in [3.8, 4) is 0 Å². The number of halogens is 1. The molecule has 2 rings (SSSR count). The molecule has 2 nitrogen and oxygen atoms in total. The molecule has 1 saturated heterocycles. The first-order valence-electron chi connectivity index (χ1n) is 5.51. The smallest absolute Gasteiger partial charge is 0.0656 e. The fourth-order valence-corrected chi connectivity index (χ4v) is 2.20. The van der Waals surface area contributed by atoms with E-state index in [2.05, 4.69) is 52.5 Å². The van der Waals surface area contributed by atoms with Crippen molar-refractivity contribution in [2.45, 2.75) is 19.0 Å². The molecule has 86 valence electrons. The number of morpholine rings is 1. The van der Waals surface area contributed by atoms with E-state index in [1.165, 1.54) is 5.56 Å². The Morgan fingerprint density at radius 1 is 1.44 bits per heavy atom. The molecule has 1 heterocycles. The van der Waals surface area contributed by atoms with E-state index < -0.39 is 0 Å². The van der Waals surface area contributed by atoms with Crippen LogP contribution in [0.25, 0.3) is 6.08 Å². The van der Waals surface area contributed by atoms with E-state index in [4.69, 9.17) is 4.74 Å². The number of rotatable bonds is 2. The molecule has 0 amide bonds. The maximum Gasteiger partial charge on any atom is 0.0656 e. The van der Waals surface area contributed by atoms with Crippen molar-refractivity contribution in [1.82, 2.24) is 5.32 Å². The molecule has 0 saturated carbocycles. The second kappa shape index (κ2) is 5.62. The SMILES string of the molecule is CC1COCC(/C=C/c2cccc(Br)c2)N1. The van der Waals surface area contributed by atoms with Gasteiger partial charge in [-0.05, 0) is 24.6 Å². The molecule has 3 heteroatoms. The predicted molar refractivity (Wildman–Crippen MR) is 70.4 cm³/mol. The van der Waals surface area contributed by atoms with Crippen LogP contribution in [0.2, 0.25) is 0 Å². The van der Waals surface area contributed by atoms with Gasteiger partial charge in [0.2, 0.25) is 0 Å². The minimum absolute atomic E-state index is 0.322. The minimum Gasteiger partial charge on any atom is -0.378 e. The zero-order valence-corrected chi connectivity index (χ0v) is 10.9. The van der Waals surface area contributed by atoms with Crippen LogP contribution in [-0.4, -0.2) is 25.3 Å². The van der Waals surface area contributed by atoms with E-state index in [9.17, 15) is 0 Å². The fourth-order valence-electron chi connectivity index (χ4n) is 1.78. The molecule has 1 fully saturated rings. The quantitative estimate of drug-likeness (QED) is 0.900. The van der Waals surface area contributed by atoms with Crippen LogP contribution in [0.5, 0.6) is 0 Å². The number of hydrogen-bond donors (Lipinski definition) is 1. The van der Waals surface area contributed by atoms with E-state index in [1.807, 2.05) is 12.1 Å². The minimum atomic E-state index is 0.322. The van der Waals surface area contributed by atoms with Gasteiger partial charge in [0.25, 0.3) is 0 Å². The summed E-state index contributed by atoms with van der Waals surface area (Å²) in [4.78, 5) is 0. The summed E-state index contributed by atoms with van der Waals surface area (Å²) in [5, 5.41) is 3.48. The van der Waals surface area contributed by atoms with E-state index >= 15 is 0 Å². The highest BCUT2D eigenvalue weighted by Gasteiger charge is 2.15. The normalized spacial score (nSPS) is 26.1. The first kappa shape index (κ1) is 11.8. The number of benzene rings is 1. The summed E-state index contributed by atoms with van der Waals surface area (Å²) in [6.45, 7) is 3.70. The summed E-state index contributed by atoms with van der Waals surface area (Å²) < 4.78 is 6.59. The average molecular weight is 282 g/mol. The predicted octanol–water partition coefficient (Wildman–Crippen LogP) is 2.84. The molecule has 0 bridgehead atoms. The van der Waals surface area contributed by atoms with Gasteiger partial charge in [0, 0.05) is 16.6 Å². The lowest BCUT2D eigenvalue weighted by Gasteiger charge is -2.26. The molecule has 16 heavy (non-hydrogen) atoms. The van der Waals surface area contributed by atoms with Gasteiger partial charge in [0.15, 0.2) is 0 Å². The summed E-state index contributed by atoms with van der Waals surface area (Å²) in [7, 11) is 0. The zero-order chi connectivity index (χ0) is 11.4. The number of ether oxygens (including phenoxy) is 1. The largest absolute Gasteiger partial charge is 0.378 e. The van der Waals surface area contributed by atoms with Gasteiger partial charge in [-0.25, -0.2) is 0 Å². The third-order valence-electron chi connectivity index (χ3n) is 2.53. The Morgan fingerprint density at radius 2 is 2.31 bits per heavy atom. The van der Waals surface area contributed by atoms with Gasteiger partial charge in [0.05, 0.1) is 13.2 Å². The highest BCUT2D eigenvalue weighted by Crippen LogP contribution is 2.13. The average Bonchev–Trinajstić information content (AvgIpc) is 2.27. The van der Waals surface area contributed by atoms with Gasteiger partial charge in [-0.2, -0.15) is 0 Å². The molecule has 1 aromatic rings. The lowest BCUT2D eigenvalue weighted by atomic mass is 10.1. The van der Waals surface area contributed by atoms with Gasteiger partial charge >= 0.3 is 0 Å². The summed E-state index contributed by atoms with van der Waals surface area (Å²) in [5.41, 5.74) is 1.20. The highest BCUT2D eigenvalue weighted by atomic mass is 79.9. The second-order valence-corrected chi connectivity index (χ2v) is 5.04. The van der Waals surface area contributed by atoms with Crippen LogP contribution in [0.15, 0.2) is 34.8 Å². The van der Waals surface area contributed by atoms with Gasteiger partial charge in [-0.3, -0.25) is 0 Å². The van der Waals surface area contributed by atoms with Crippen molar-refractivity contribution in [2.75, 3.05) is 13.2 Å². The fraction of sp³-hybridized carbons (Fsp3) is 0.385. The topological polar surface area (TPSA) is 21.3 Å². The first-order chi connectivity index (χ1) is 7.74. The van der Waals surface area contributed by atoms with Crippen molar-refractivity contribution in [1.29, 1.82) is 0 Å². The number of hydrogen-bond acceptors (Lipinski definition) is 2. The van der Waals surface area contributed by atoms with E-state index in [0.717, 1.165) is 17.7 Å². The van der Waals surface area contributed by atoms with Crippen molar-refractivity contribution < 1.29 is 4.74 Å². The third kappa shape index (κ3) is 3.44.